The highest BCUT2D eigenvalue weighted by Crippen LogP contribution is 2.32. The van der Waals surface area contributed by atoms with Crippen molar-refractivity contribution >= 4 is 17.7 Å². The first-order valence-electron chi connectivity index (χ1n) is 6.66. The second-order valence-electron chi connectivity index (χ2n) is 4.62. The fourth-order valence-corrected chi connectivity index (χ4v) is 1.97. The molecule has 0 bridgehead atoms. The van der Waals surface area contributed by atoms with E-state index in [0.717, 1.165) is 5.56 Å². The summed E-state index contributed by atoms with van der Waals surface area (Å²) in [6.07, 6.45) is 2.84. The highest BCUT2D eigenvalue weighted by Gasteiger charge is 2.12. The van der Waals surface area contributed by atoms with Crippen molar-refractivity contribution in [3.05, 3.63) is 64.2 Å². The van der Waals surface area contributed by atoms with E-state index in [1.54, 1.807) is 24.3 Å². The van der Waals surface area contributed by atoms with E-state index in [4.69, 9.17) is 14.2 Å². The molecule has 0 aromatic heterocycles. The van der Waals surface area contributed by atoms with Gasteiger partial charge in [-0.3, -0.25) is 10.1 Å². The first-order chi connectivity index (χ1) is 11.1. The second-order valence-corrected chi connectivity index (χ2v) is 4.62. The lowest BCUT2D eigenvalue weighted by Gasteiger charge is -2.01. The van der Waals surface area contributed by atoms with E-state index >= 15 is 0 Å². The van der Waals surface area contributed by atoms with Crippen molar-refractivity contribution in [3.8, 4) is 17.2 Å². The van der Waals surface area contributed by atoms with Crippen molar-refractivity contribution in [1.29, 1.82) is 0 Å². The average molecular weight is 313 g/mol. The Morgan fingerprint density at radius 1 is 1.13 bits per heavy atom. The summed E-state index contributed by atoms with van der Waals surface area (Å²) in [6, 6.07) is 10.5. The third-order valence-corrected chi connectivity index (χ3v) is 3.07. The molecule has 0 saturated carbocycles. The average Bonchev–Trinajstić information content (AvgIpc) is 3.01. The normalized spacial score (nSPS) is 12.3. The van der Waals surface area contributed by atoms with Crippen LogP contribution in [0.25, 0.3) is 6.08 Å². The molecule has 0 radical (unpaired) electrons. The fourth-order valence-electron chi connectivity index (χ4n) is 1.97. The number of hydrogen-bond acceptors (Lipinski definition) is 6. The molecule has 0 amide bonds. The summed E-state index contributed by atoms with van der Waals surface area (Å²) in [5.74, 6) is 0.930. The van der Waals surface area contributed by atoms with Gasteiger partial charge in [-0.2, -0.15) is 0 Å². The number of benzene rings is 2. The van der Waals surface area contributed by atoms with Gasteiger partial charge in [-0.25, -0.2) is 4.79 Å². The summed E-state index contributed by atoms with van der Waals surface area (Å²) in [6.45, 7) is 0.185. The molecule has 3 rings (SSSR count). The molecular formula is C16H11NO6. The molecule has 1 aliphatic heterocycles. The lowest BCUT2D eigenvalue weighted by molar-refractivity contribution is -0.384. The van der Waals surface area contributed by atoms with E-state index in [1.165, 1.54) is 30.3 Å². The Kier molecular flexibility index (Phi) is 3.92. The number of esters is 1. The number of rotatable bonds is 4. The van der Waals surface area contributed by atoms with Crippen molar-refractivity contribution in [2.24, 2.45) is 0 Å². The lowest BCUT2D eigenvalue weighted by Crippen LogP contribution is -2.03. The number of non-ortho nitro benzene ring substituents is 1. The zero-order chi connectivity index (χ0) is 16.2. The van der Waals surface area contributed by atoms with E-state index in [-0.39, 0.29) is 18.2 Å². The highest BCUT2D eigenvalue weighted by atomic mass is 16.7. The molecule has 0 fully saturated rings. The van der Waals surface area contributed by atoms with Gasteiger partial charge in [0.2, 0.25) is 6.79 Å². The maximum atomic E-state index is 11.7. The van der Waals surface area contributed by atoms with Gasteiger partial charge in [0, 0.05) is 18.2 Å². The van der Waals surface area contributed by atoms with Gasteiger partial charge in [0.1, 0.15) is 5.75 Å². The van der Waals surface area contributed by atoms with Gasteiger partial charge >= 0.3 is 5.97 Å². The zero-order valence-electron chi connectivity index (χ0n) is 11.8. The Bertz CT molecular complexity index is 782. The topological polar surface area (TPSA) is 87.9 Å². The fraction of sp³-hybridized carbons (Fsp3) is 0.0625. The predicted octanol–water partition coefficient (Wildman–Crippen LogP) is 2.94. The molecule has 23 heavy (non-hydrogen) atoms. The summed E-state index contributed by atoms with van der Waals surface area (Å²) < 4.78 is 15.5. The van der Waals surface area contributed by atoms with Crippen LogP contribution in [-0.4, -0.2) is 17.7 Å². The molecule has 0 spiro atoms. The maximum Gasteiger partial charge on any atom is 0.336 e. The zero-order valence-corrected chi connectivity index (χ0v) is 11.8. The predicted molar refractivity (Wildman–Crippen MR) is 80.3 cm³/mol. The summed E-state index contributed by atoms with van der Waals surface area (Å²) >= 11 is 0. The van der Waals surface area contributed by atoms with Crippen molar-refractivity contribution in [2.45, 2.75) is 0 Å². The van der Waals surface area contributed by atoms with Gasteiger partial charge in [-0.1, -0.05) is 6.07 Å². The number of carbonyl (C=O) groups is 1. The number of nitrogens with zero attached hydrogens (tertiary/aromatic N) is 1. The number of nitro groups is 1. The number of hydrogen-bond donors (Lipinski definition) is 0. The van der Waals surface area contributed by atoms with Crippen LogP contribution in [0.2, 0.25) is 0 Å². The molecule has 1 heterocycles. The van der Waals surface area contributed by atoms with Gasteiger partial charge in [0.15, 0.2) is 11.5 Å². The van der Waals surface area contributed by atoms with Crippen LogP contribution >= 0.6 is 0 Å². The quantitative estimate of drug-likeness (QED) is 0.283. The third-order valence-electron chi connectivity index (χ3n) is 3.07. The first kappa shape index (κ1) is 14.6. The molecule has 0 unspecified atom stereocenters. The summed E-state index contributed by atoms with van der Waals surface area (Å²) in [7, 11) is 0. The standard InChI is InChI=1S/C16H11NO6/c18-16(23-13-5-3-12(4-6-13)17(19)20)8-2-11-1-7-14-15(9-11)22-10-21-14/h1-9H,10H2/b8-2+. The summed E-state index contributed by atoms with van der Waals surface area (Å²) in [4.78, 5) is 21.8. The number of fused-ring (bicyclic) bond motifs is 1. The summed E-state index contributed by atoms with van der Waals surface area (Å²) in [5.41, 5.74) is 0.690. The molecule has 2 aromatic carbocycles. The second kappa shape index (κ2) is 6.18. The smallest absolute Gasteiger partial charge is 0.336 e. The molecule has 0 atom stereocenters. The van der Waals surface area contributed by atoms with Gasteiger partial charge < -0.3 is 14.2 Å². The largest absolute Gasteiger partial charge is 0.454 e. The molecular weight excluding hydrogens is 302 g/mol. The maximum absolute atomic E-state index is 11.7. The SMILES string of the molecule is O=C(/C=C/c1ccc2c(c1)OCO2)Oc1ccc([N+](=O)[O-])cc1. The third kappa shape index (κ3) is 3.46. The minimum atomic E-state index is -0.587. The molecule has 116 valence electrons. The van der Waals surface area contributed by atoms with Crippen LogP contribution in [0.4, 0.5) is 5.69 Å². The molecule has 7 nitrogen and oxygen atoms in total. The molecule has 7 heteroatoms. The van der Waals surface area contributed by atoms with Gasteiger partial charge in [0.05, 0.1) is 4.92 Å². The molecule has 2 aromatic rings. The van der Waals surface area contributed by atoms with Crippen molar-refractivity contribution in [1.82, 2.24) is 0 Å². The molecule has 0 saturated heterocycles. The minimum absolute atomic E-state index is 0.0688. The Balaban J connectivity index is 1.63. The number of carbonyl (C=O) groups excluding carboxylic acids is 1. The van der Waals surface area contributed by atoms with Gasteiger partial charge in [-0.05, 0) is 35.9 Å². The molecule has 1 aliphatic rings. The molecule has 0 aliphatic carbocycles. The molecule has 0 N–H and O–H groups in total. The lowest BCUT2D eigenvalue weighted by atomic mass is 10.2. The van der Waals surface area contributed by atoms with E-state index < -0.39 is 10.9 Å². The number of nitro benzene ring substituents is 1. The van der Waals surface area contributed by atoms with E-state index in [0.29, 0.717) is 11.5 Å². The van der Waals surface area contributed by atoms with Crippen LogP contribution in [0.1, 0.15) is 5.56 Å². The number of ether oxygens (including phenoxy) is 3. The van der Waals surface area contributed by atoms with E-state index in [1.807, 2.05) is 0 Å². The monoisotopic (exact) mass is 313 g/mol. The van der Waals surface area contributed by atoms with Crippen LogP contribution in [0.3, 0.4) is 0 Å². The van der Waals surface area contributed by atoms with Crippen LogP contribution in [-0.2, 0) is 4.79 Å². The van der Waals surface area contributed by atoms with Crippen LogP contribution < -0.4 is 14.2 Å². The Hall–Kier alpha value is -3.35. The van der Waals surface area contributed by atoms with Crippen LogP contribution in [0.5, 0.6) is 17.2 Å². The van der Waals surface area contributed by atoms with E-state index in [2.05, 4.69) is 0 Å². The Morgan fingerprint density at radius 2 is 1.87 bits per heavy atom. The first-order valence-corrected chi connectivity index (χ1v) is 6.66. The van der Waals surface area contributed by atoms with Crippen molar-refractivity contribution < 1.29 is 23.9 Å². The van der Waals surface area contributed by atoms with Gasteiger partial charge in [0.25, 0.3) is 5.69 Å². The Labute approximate surface area is 130 Å². The highest BCUT2D eigenvalue weighted by molar-refractivity contribution is 5.88. The Morgan fingerprint density at radius 3 is 2.61 bits per heavy atom. The van der Waals surface area contributed by atoms with Gasteiger partial charge in [-0.15, -0.1) is 0 Å². The van der Waals surface area contributed by atoms with Crippen LogP contribution in [0.15, 0.2) is 48.5 Å². The van der Waals surface area contributed by atoms with Crippen molar-refractivity contribution in [2.75, 3.05) is 6.79 Å². The van der Waals surface area contributed by atoms with Crippen LogP contribution in [0, 0.1) is 10.1 Å². The van der Waals surface area contributed by atoms with E-state index in [9.17, 15) is 14.9 Å². The minimum Gasteiger partial charge on any atom is -0.454 e. The van der Waals surface area contributed by atoms with Crippen molar-refractivity contribution in [3.63, 3.8) is 0 Å². The summed E-state index contributed by atoms with van der Waals surface area (Å²) in [5, 5.41) is 10.5.